The third-order valence-corrected chi connectivity index (χ3v) is 7.26. The van der Waals surface area contributed by atoms with Crippen LogP contribution < -0.4 is 4.74 Å². The molecule has 4 aromatic rings. The number of fused-ring (bicyclic) bond motifs is 5. The van der Waals surface area contributed by atoms with Crippen molar-refractivity contribution in [1.29, 1.82) is 0 Å². The summed E-state index contributed by atoms with van der Waals surface area (Å²) in [6, 6.07) is 19.6. The molecule has 2 aliphatic rings. The number of carbonyl (C=O) groups is 2. The molecule has 0 bridgehead atoms. The Morgan fingerprint density at radius 3 is 2.68 bits per heavy atom. The number of H-pyrrole nitrogens is 1. The van der Waals surface area contributed by atoms with Gasteiger partial charge in [-0.2, -0.15) is 0 Å². The van der Waals surface area contributed by atoms with Crippen molar-refractivity contribution in [2.24, 2.45) is 0 Å². The first-order chi connectivity index (χ1) is 16.5. The first-order valence-corrected chi connectivity index (χ1v) is 11.4. The summed E-state index contributed by atoms with van der Waals surface area (Å²) in [5.74, 6) is 1.08. The molecular formula is C27H25N3O4. The molecule has 1 saturated heterocycles. The van der Waals surface area contributed by atoms with Gasteiger partial charge in [0.05, 0.1) is 25.6 Å². The number of hydrogen-bond acceptors (Lipinski definition) is 4. The van der Waals surface area contributed by atoms with Crippen molar-refractivity contribution in [3.63, 3.8) is 0 Å². The number of aromatic nitrogens is 1. The van der Waals surface area contributed by atoms with Crippen LogP contribution in [-0.2, 0) is 21.7 Å². The van der Waals surface area contributed by atoms with Gasteiger partial charge in [0.2, 0.25) is 5.91 Å². The molecule has 0 aliphatic carbocycles. The molecule has 2 aliphatic heterocycles. The van der Waals surface area contributed by atoms with E-state index in [0.29, 0.717) is 12.3 Å². The van der Waals surface area contributed by atoms with Crippen molar-refractivity contribution in [1.82, 2.24) is 14.8 Å². The standard InChI is InChI=1S/C27H25N3O4/c1-27-25-24(19-10-3-5-11-21(19)28-25)20(18-9-4-6-12-22(18)33-2)15-30(27)23(31)16-29(26(27)32)14-17-8-7-13-34-17/h3-13,20,28H,14-16H2,1-2H3/t20?,27-/m0/s1. The maximum atomic E-state index is 14.0. The highest BCUT2D eigenvalue weighted by Gasteiger charge is 2.56. The molecule has 34 heavy (non-hydrogen) atoms. The fourth-order valence-corrected chi connectivity index (χ4v) is 5.63. The van der Waals surface area contributed by atoms with E-state index in [4.69, 9.17) is 9.15 Å². The zero-order chi connectivity index (χ0) is 23.4. The van der Waals surface area contributed by atoms with Gasteiger partial charge < -0.3 is 23.9 Å². The molecule has 0 saturated carbocycles. The van der Waals surface area contributed by atoms with Crippen LogP contribution in [0.2, 0.25) is 0 Å². The topological polar surface area (TPSA) is 78.8 Å². The molecule has 0 spiro atoms. The van der Waals surface area contributed by atoms with Gasteiger partial charge in [-0.1, -0.05) is 36.4 Å². The number of ether oxygens (including phenoxy) is 1. The van der Waals surface area contributed by atoms with Crippen LogP contribution in [-0.4, -0.2) is 46.8 Å². The Balaban J connectivity index is 1.55. The molecule has 1 unspecified atom stereocenters. The van der Waals surface area contributed by atoms with Gasteiger partial charge in [-0.15, -0.1) is 0 Å². The fraction of sp³-hybridized carbons (Fsp3) is 0.259. The van der Waals surface area contributed by atoms with E-state index in [1.54, 1.807) is 29.2 Å². The van der Waals surface area contributed by atoms with Crippen molar-refractivity contribution in [2.75, 3.05) is 20.2 Å². The molecule has 0 radical (unpaired) electrons. The Bertz CT molecular complexity index is 1410. The molecule has 2 aromatic heterocycles. The highest BCUT2D eigenvalue weighted by Crippen LogP contribution is 2.49. The van der Waals surface area contributed by atoms with Crippen LogP contribution >= 0.6 is 0 Å². The average molecular weight is 456 g/mol. The number of methoxy groups -OCH3 is 1. The third-order valence-electron chi connectivity index (χ3n) is 7.26. The number of nitrogens with zero attached hydrogens (tertiary/aromatic N) is 2. The van der Waals surface area contributed by atoms with E-state index in [9.17, 15) is 9.59 Å². The Morgan fingerprint density at radius 2 is 1.88 bits per heavy atom. The number of piperazine rings is 1. The number of para-hydroxylation sites is 2. The average Bonchev–Trinajstić information content (AvgIpc) is 3.51. The Labute approximate surface area is 196 Å². The summed E-state index contributed by atoms with van der Waals surface area (Å²) in [7, 11) is 1.66. The van der Waals surface area contributed by atoms with E-state index in [-0.39, 0.29) is 30.8 Å². The zero-order valence-corrected chi connectivity index (χ0v) is 19.1. The van der Waals surface area contributed by atoms with E-state index < -0.39 is 5.54 Å². The molecule has 1 fully saturated rings. The van der Waals surface area contributed by atoms with Crippen molar-refractivity contribution >= 4 is 22.7 Å². The van der Waals surface area contributed by atoms with Crippen LogP contribution in [0.15, 0.2) is 71.3 Å². The van der Waals surface area contributed by atoms with Gasteiger partial charge in [-0.05, 0) is 36.8 Å². The molecule has 2 amide bonds. The van der Waals surface area contributed by atoms with E-state index >= 15 is 0 Å². The first-order valence-electron chi connectivity index (χ1n) is 11.4. The summed E-state index contributed by atoms with van der Waals surface area (Å²) in [6.07, 6.45) is 1.58. The normalized spacial score (nSPS) is 22.1. The molecular weight excluding hydrogens is 430 g/mol. The number of hydrogen-bond donors (Lipinski definition) is 1. The summed E-state index contributed by atoms with van der Waals surface area (Å²) < 4.78 is 11.2. The highest BCUT2D eigenvalue weighted by molar-refractivity contribution is 6.01. The van der Waals surface area contributed by atoms with Gasteiger partial charge in [-0.3, -0.25) is 9.59 Å². The van der Waals surface area contributed by atoms with Gasteiger partial charge in [-0.25, -0.2) is 0 Å². The van der Waals surface area contributed by atoms with Gasteiger partial charge in [0.1, 0.15) is 18.1 Å². The van der Waals surface area contributed by atoms with Crippen LogP contribution in [0, 0.1) is 0 Å². The predicted octanol–water partition coefficient (Wildman–Crippen LogP) is 4.00. The van der Waals surface area contributed by atoms with E-state index in [2.05, 4.69) is 11.1 Å². The summed E-state index contributed by atoms with van der Waals surface area (Å²) in [4.78, 5) is 34.4. The van der Waals surface area contributed by atoms with Crippen LogP contribution in [0.25, 0.3) is 10.9 Å². The zero-order valence-electron chi connectivity index (χ0n) is 19.1. The van der Waals surface area contributed by atoms with Crippen molar-refractivity contribution in [3.05, 3.63) is 89.5 Å². The monoisotopic (exact) mass is 455 g/mol. The maximum Gasteiger partial charge on any atom is 0.255 e. The van der Waals surface area contributed by atoms with E-state index in [1.807, 2.05) is 55.5 Å². The van der Waals surface area contributed by atoms with Gasteiger partial charge >= 0.3 is 0 Å². The Kier molecular flexibility index (Phi) is 4.55. The van der Waals surface area contributed by atoms with E-state index in [0.717, 1.165) is 33.5 Å². The first kappa shape index (κ1) is 20.6. The molecule has 1 N–H and O–H groups in total. The minimum Gasteiger partial charge on any atom is -0.496 e. The largest absolute Gasteiger partial charge is 0.496 e. The minimum absolute atomic E-state index is 0.0172. The minimum atomic E-state index is -1.14. The lowest BCUT2D eigenvalue weighted by molar-refractivity contribution is -0.167. The summed E-state index contributed by atoms with van der Waals surface area (Å²) in [5, 5.41) is 1.05. The molecule has 6 rings (SSSR count). The van der Waals surface area contributed by atoms with Gasteiger partial charge in [0.15, 0.2) is 5.54 Å². The molecule has 7 heteroatoms. The lowest BCUT2D eigenvalue weighted by Gasteiger charge is -2.51. The number of furan rings is 1. The number of carbonyl (C=O) groups excluding carboxylic acids is 2. The van der Waals surface area contributed by atoms with Crippen LogP contribution in [0.5, 0.6) is 5.75 Å². The van der Waals surface area contributed by atoms with Crippen LogP contribution in [0.1, 0.15) is 35.4 Å². The number of amides is 2. The molecule has 7 nitrogen and oxygen atoms in total. The molecule has 4 heterocycles. The van der Waals surface area contributed by atoms with Crippen molar-refractivity contribution < 1.29 is 18.7 Å². The third kappa shape index (κ3) is 2.83. The Morgan fingerprint density at radius 1 is 1.09 bits per heavy atom. The maximum absolute atomic E-state index is 14.0. The lowest BCUT2D eigenvalue weighted by Crippen LogP contribution is -2.67. The van der Waals surface area contributed by atoms with Crippen molar-refractivity contribution in [2.45, 2.75) is 24.9 Å². The number of nitrogens with one attached hydrogen (secondary N) is 1. The molecule has 2 aromatic carbocycles. The van der Waals surface area contributed by atoms with Gasteiger partial charge in [0, 0.05) is 28.9 Å². The second-order valence-electron chi connectivity index (χ2n) is 9.07. The van der Waals surface area contributed by atoms with Gasteiger partial charge in [0.25, 0.3) is 5.91 Å². The number of rotatable bonds is 4. The van der Waals surface area contributed by atoms with Crippen LogP contribution in [0.3, 0.4) is 0 Å². The summed E-state index contributed by atoms with van der Waals surface area (Å²) in [5.41, 5.74) is 2.60. The molecule has 172 valence electrons. The second-order valence-corrected chi connectivity index (χ2v) is 9.07. The quantitative estimate of drug-likeness (QED) is 0.505. The number of benzene rings is 2. The van der Waals surface area contributed by atoms with E-state index in [1.165, 1.54) is 0 Å². The fourth-order valence-electron chi connectivity index (χ4n) is 5.63. The predicted molar refractivity (Wildman–Crippen MR) is 126 cm³/mol. The second kappa shape index (κ2) is 7.52. The van der Waals surface area contributed by atoms with Crippen LogP contribution in [0.4, 0.5) is 0 Å². The number of aromatic amines is 1. The van der Waals surface area contributed by atoms with Crippen molar-refractivity contribution in [3.8, 4) is 5.75 Å². The SMILES string of the molecule is COc1ccccc1C1CN2C(=O)CN(Cc3ccco3)C(=O)[C@]2(C)c2[nH]c3ccccc3c21. The molecule has 2 atom stereocenters. The summed E-state index contributed by atoms with van der Waals surface area (Å²) >= 11 is 0. The smallest absolute Gasteiger partial charge is 0.255 e. The summed E-state index contributed by atoms with van der Waals surface area (Å²) in [6.45, 7) is 2.52. The lowest BCUT2D eigenvalue weighted by atomic mass is 9.76. The Hall–Kier alpha value is -4.00. The highest BCUT2D eigenvalue weighted by atomic mass is 16.5.